The Bertz CT molecular complexity index is 333. The SMILES string of the molecule is c1cc(OCC2CC2)nc(OCC2CO2)n1. The Labute approximate surface area is 93.8 Å². The van der Waals surface area contributed by atoms with Crippen molar-refractivity contribution in [3.05, 3.63) is 12.3 Å². The molecule has 1 unspecified atom stereocenters. The van der Waals surface area contributed by atoms with Crippen LogP contribution in [0, 0.1) is 5.92 Å². The van der Waals surface area contributed by atoms with E-state index in [1.807, 2.05) is 0 Å². The van der Waals surface area contributed by atoms with Crippen LogP contribution in [0.2, 0.25) is 0 Å². The molecular formula is C11H14N2O3. The monoisotopic (exact) mass is 222 g/mol. The van der Waals surface area contributed by atoms with Gasteiger partial charge in [0.25, 0.3) is 0 Å². The standard InChI is InChI=1S/C11H14N2O3/c1-2-8(1)5-15-10-3-4-12-11(13-10)16-7-9-6-14-9/h3-4,8-9H,1-2,5-7H2. The van der Waals surface area contributed by atoms with Gasteiger partial charge in [0.05, 0.1) is 13.2 Å². The number of hydrogen-bond acceptors (Lipinski definition) is 5. The number of rotatable bonds is 6. The first-order chi connectivity index (χ1) is 7.90. The van der Waals surface area contributed by atoms with Crippen molar-refractivity contribution in [2.75, 3.05) is 19.8 Å². The van der Waals surface area contributed by atoms with Crippen LogP contribution < -0.4 is 9.47 Å². The summed E-state index contributed by atoms with van der Waals surface area (Å²) in [6.45, 7) is 2.05. The predicted octanol–water partition coefficient (Wildman–Crippen LogP) is 1.04. The van der Waals surface area contributed by atoms with Crippen LogP contribution >= 0.6 is 0 Å². The highest BCUT2D eigenvalue weighted by Gasteiger charge is 2.24. The van der Waals surface area contributed by atoms with E-state index < -0.39 is 0 Å². The number of nitrogens with zero attached hydrogens (tertiary/aromatic N) is 2. The van der Waals surface area contributed by atoms with E-state index in [9.17, 15) is 0 Å². The highest BCUT2D eigenvalue weighted by atomic mass is 16.6. The minimum atomic E-state index is 0.222. The van der Waals surface area contributed by atoms with Crippen molar-refractivity contribution in [1.82, 2.24) is 9.97 Å². The van der Waals surface area contributed by atoms with Crippen LogP contribution in [0.1, 0.15) is 12.8 Å². The summed E-state index contributed by atoms with van der Waals surface area (Å²) in [4.78, 5) is 8.17. The van der Waals surface area contributed by atoms with Gasteiger partial charge in [-0.05, 0) is 18.8 Å². The smallest absolute Gasteiger partial charge is 0.319 e. The maximum absolute atomic E-state index is 5.53. The van der Waals surface area contributed by atoms with E-state index in [0.717, 1.165) is 19.1 Å². The highest BCUT2D eigenvalue weighted by molar-refractivity contribution is 5.11. The summed E-state index contributed by atoms with van der Waals surface area (Å²) >= 11 is 0. The molecule has 2 fully saturated rings. The van der Waals surface area contributed by atoms with Gasteiger partial charge in [0.2, 0.25) is 5.88 Å². The third kappa shape index (κ3) is 2.82. The van der Waals surface area contributed by atoms with Gasteiger partial charge >= 0.3 is 6.01 Å². The lowest BCUT2D eigenvalue weighted by molar-refractivity contribution is 0.237. The van der Waals surface area contributed by atoms with E-state index in [1.54, 1.807) is 12.3 Å². The third-order valence-electron chi connectivity index (χ3n) is 2.57. The molecule has 86 valence electrons. The van der Waals surface area contributed by atoms with E-state index in [0.29, 0.717) is 18.5 Å². The summed E-state index contributed by atoms with van der Waals surface area (Å²) in [6.07, 6.45) is 4.42. The van der Waals surface area contributed by atoms with Crippen LogP contribution in [0.5, 0.6) is 11.9 Å². The molecule has 1 atom stereocenters. The summed E-state index contributed by atoms with van der Waals surface area (Å²) in [5.41, 5.74) is 0. The van der Waals surface area contributed by atoms with Crippen molar-refractivity contribution in [2.45, 2.75) is 18.9 Å². The first kappa shape index (κ1) is 9.84. The molecule has 3 rings (SSSR count). The fourth-order valence-corrected chi connectivity index (χ4v) is 1.29. The summed E-state index contributed by atoms with van der Waals surface area (Å²) in [5, 5.41) is 0. The Morgan fingerprint density at radius 3 is 2.94 bits per heavy atom. The molecule has 2 aliphatic rings. The number of epoxide rings is 1. The summed E-state index contributed by atoms with van der Waals surface area (Å²) in [6, 6.07) is 2.12. The van der Waals surface area contributed by atoms with Crippen LogP contribution in [0.3, 0.4) is 0 Å². The molecule has 0 bridgehead atoms. The van der Waals surface area contributed by atoms with E-state index in [2.05, 4.69) is 9.97 Å². The molecule has 0 N–H and O–H groups in total. The third-order valence-corrected chi connectivity index (χ3v) is 2.57. The second-order valence-electron chi connectivity index (χ2n) is 4.20. The normalized spacial score (nSPS) is 22.9. The number of hydrogen-bond donors (Lipinski definition) is 0. The molecule has 0 aromatic carbocycles. The van der Waals surface area contributed by atoms with Crippen LogP contribution in [0.4, 0.5) is 0 Å². The van der Waals surface area contributed by atoms with E-state index in [-0.39, 0.29) is 6.10 Å². The van der Waals surface area contributed by atoms with Gasteiger partial charge in [-0.3, -0.25) is 0 Å². The quantitative estimate of drug-likeness (QED) is 0.673. The van der Waals surface area contributed by atoms with E-state index in [1.165, 1.54) is 12.8 Å². The Morgan fingerprint density at radius 2 is 2.19 bits per heavy atom. The molecule has 1 aliphatic heterocycles. The van der Waals surface area contributed by atoms with E-state index in [4.69, 9.17) is 14.2 Å². The lowest BCUT2D eigenvalue weighted by atomic mass is 10.5. The van der Waals surface area contributed by atoms with Crippen LogP contribution in [0.25, 0.3) is 0 Å². The molecular weight excluding hydrogens is 208 g/mol. The van der Waals surface area contributed by atoms with Crippen molar-refractivity contribution in [3.8, 4) is 11.9 Å². The summed E-state index contributed by atoms with van der Waals surface area (Å²) < 4.78 is 15.9. The van der Waals surface area contributed by atoms with Crippen molar-refractivity contribution >= 4 is 0 Å². The molecule has 1 saturated carbocycles. The van der Waals surface area contributed by atoms with Crippen molar-refractivity contribution in [2.24, 2.45) is 5.92 Å². The van der Waals surface area contributed by atoms with Gasteiger partial charge in [0, 0.05) is 12.3 Å². The molecule has 0 radical (unpaired) electrons. The van der Waals surface area contributed by atoms with Crippen molar-refractivity contribution < 1.29 is 14.2 Å². The van der Waals surface area contributed by atoms with Crippen LogP contribution in [-0.2, 0) is 4.74 Å². The van der Waals surface area contributed by atoms with Crippen molar-refractivity contribution in [1.29, 1.82) is 0 Å². The van der Waals surface area contributed by atoms with Crippen LogP contribution in [-0.4, -0.2) is 35.9 Å². The average Bonchev–Trinajstić information content (AvgIpc) is 3.17. The second kappa shape index (κ2) is 4.25. The van der Waals surface area contributed by atoms with Gasteiger partial charge in [-0.15, -0.1) is 0 Å². The predicted molar refractivity (Wildman–Crippen MR) is 55.5 cm³/mol. The maximum Gasteiger partial charge on any atom is 0.319 e. The lowest BCUT2D eigenvalue weighted by Crippen LogP contribution is -2.08. The minimum Gasteiger partial charge on any atom is -0.477 e. The van der Waals surface area contributed by atoms with Gasteiger partial charge in [-0.1, -0.05) is 0 Å². The van der Waals surface area contributed by atoms with E-state index >= 15 is 0 Å². The topological polar surface area (TPSA) is 56.8 Å². The molecule has 1 aliphatic carbocycles. The lowest BCUT2D eigenvalue weighted by Gasteiger charge is -2.05. The molecule has 1 aromatic rings. The largest absolute Gasteiger partial charge is 0.477 e. The fourth-order valence-electron chi connectivity index (χ4n) is 1.29. The van der Waals surface area contributed by atoms with Gasteiger partial charge < -0.3 is 14.2 Å². The first-order valence-electron chi connectivity index (χ1n) is 5.60. The fraction of sp³-hybridized carbons (Fsp3) is 0.636. The Kier molecular flexibility index (Phi) is 2.61. The van der Waals surface area contributed by atoms with Gasteiger partial charge in [0.1, 0.15) is 12.7 Å². The summed E-state index contributed by atoms with van der Waals surface area (Å²) in [5.74, 6) is 1.31. The van der Waals surface area contributed by atoms with Gasteiger partial charge in [0.15, 0.2) is 0 Å². The molecule has 1 aromatic heterocycles. The number of aromatic nitrogens is 2. The molecule has 16 heavy (non-hydrogen) atoms. The Morgan fingerprint density at radius 1 is 1.31 bits per heavy atom. The zero-order chi connectivity index (χ0) is 10.8. The van der Waals surface area contributed by atoms with Crippen LogP contribution in [0.15, 0.2) is 12.3 Å². The maximum atomic E-state index is 5.53. The Balaban J connectivity index is 1.52. The highest BCUT2D eigenvalue weighted by Crippen LogP contribution is 2.29. The van der Waals surface area contributed by atoms with Gasteiger partial charge in [-0.2, -0.15) is 4.98 Å². The summed E-state index contributed by atoms with van der Waals surface area (Å²) in [7, 11) is 0. The zero-order valence-corrected chi connectivity index (χ0v) is 8.96. The molecule has 5 heteroatoms. The molecule has 5 nitrogen and oxygen atoms in total. The first-order valence-corrected chi connectivity index (χ1v) is 5.60. The molecule has 2 heterocycles. The zero-order valence-electron chi connectivity index (χ0n) is 8.96. The second-order valence-corrected chi connectivity index (χ2v) is 4.20. The average molecular weight is 222 g/mol. The van der Waals surface area contributed by atoms with Crippen molar-refractivity contribution in [3.63, 3.8) is 0 Å². The van der Waals surface area contributed by atoms with Gasteiger partial charge in [-0.25, -0.2) is 4.98 Å². The molecule has 0 spiro atoms. The molecule has 1 saturated heterocycles. The molecule has 0 amide bonds. The Hall–Kier alpha value is -1.36. The number of ether oxygens (including phenoxy) is 3. The minimum absolute atomic E-state index is 0.222.